The SMILES string of the molecule is CC(C(=O)NCCCC(=O)Cl)n1cc(Br)cn1. The molecule has 0 aliphatic rings. The van der Waals surface area contributed by atoms with Crippen molar-refractivity contribution in [1.82, 2.24) is 15.1 Å². The molecule has 0 saturated carbocycles. The second-order valence-electron chi connectivity index (χ2n) is 3.56. The van der Waals surface area contributed by atoms with Gasteiger partial charge in [-0.3, -0.25) is 14.3 Å². The lowest BCUT2D eigenvalue weighted by molar-refractivity contribution is -0.124. The Morgan fingerprint density at radius 1 is 1.65 bits per heavy atom. The Kier molecular flexibility index (Phi) is 5.64. The number of hydrogen-bond acceptors (Lipinski definition) is 3. The standard InChI is InChI=1S/C10H13BrClN3O2/c1-7(15-6-8(11)5-14-15)10(17)13-4-2-3-9(12)16/h5-7H,2-4H2,1H3,(H,13,17). The Morgan fingerprint density at radius 3 is 2.88 bits per heavy atom. The van der Waals surface area contributed by atoms with Crippen LogP contribution in [0.2, 0.25) is 0 Å². The lowest BCUT2D eigenvalue weighted by Gasteiger charge is -2.12. The van der Waals surface area contributed by atoms with E-state index in [1.165, 1.54) is 0 Å². The van der Waals surface area contributed by atoms with Crippen LogP contribution in [-0.2, 0) is 9.59 Å². The Hall–Kier alpha value is -0.880. The summed E-state index contributed by atoms with van der Waals surface area (Å²) in [6.45, 7) is 2.19. The first-order valence-corrected chi connectivity index (χ1v) is 6.33. The van der Waals surface area contributed by atoms with E-state index in [0.29, 0.717) is 13.0 Å². The fraction of sp³-hybridized carbons (Fsp3) is 0.500. The molecule has 1 unspecified atom stereocenters. The summed E-state index contributed by atoms with van der Waals surface area (Å²) in [5.74, 6) is -0.136. The quantitative estimate of drug-likeness (QED) is 0.642. The van der Waals surface area contributed by atoms with Crippen molar-refractivity contribution in [1.29, 1.82) is 0 Å². The average Bonchev–Trinajstić information content (AvgIpc) is 2.69. The molecule has 0 bridgehead atoms. The van der Waals surface area contributed by atoms with E-state index < -0.39 is 0 Å². The minimum atomic E-state index is -0.386. The Morgan fingerprint density at radius 2 is 2.35 bits per heavy atom. The van der Waals surface area contributed by atoms with Crippen LogP contribution < -0.4 is 5.32 Å². The predicted molar refractivity (Wildman–Crippen MR) is 67.7 cm³/mol. The summed E-state index contributed by atoms with van der Waals surface area (Å²) in [4.78, 5) is 22.2. The van der Waals surface area contributed by atoms with Gasteiger partial charge in [0.15, 0.2) is 0 Å². The number of nitrogens with one attached hydrogen (secondary N) is 1. The molecule has 1 amide bonds. The largest absolute Gasteiger partial charge is 0.354 e. The van der Waals surface area contributed by atoms with Gasteiger partial charge in [-0.05, 0) is 40.9 Å². The molecule has 0 aromatic carbocycles. The number of carbonyl (C=O) groups excluding carboxylic acids is 2. The van der Waals surface area contributed by atoms with Crippen molar-refractivity contribution in [2.24, 2.45) is 0 Å². The molecule has 1 heterocycles. The van der Waals surface area contributed by atoms with Gasteiger partial charge >= 0.3 is 0 Å². The highest BCUT2D eigenvalue weighted by Gasteiger charge is 2.14. The predicted octanol–water partition coefficient (Wildman–Crippen LogP) is 1.87. The van der Waals surface area contributed by atoms with Crippen molar-refractivity contribution in [2.75, 3.05) is 6.54 Å². The minimum Gasteiger partial charge on any atom is -0.354 e. The van der Waals surface area contributed by atoms with Crippen LogP contribution in [0.3, 0.4) is 0 Å². The zero-order chi connectivity index (χ0) is 12.8. The lowest BCUT2D eigenvalue weighted by atomic mass is 10.3. The third-order valence-corrected chi connectivity index (χ3v) is 2.79. The van der Waals surface area contributed by atoms with Crippen LogP contribution in [0.25, 0.3) is 0 Å². The van der Waals surface area contributed by atoms with Crippen LogP contribution in [0.4, 0.5) is 0 Å². The van der Waals surface area contributed by atoms with E-state index in [4.69, 9.17) is 11.6 Å². The summed E-state index contributed by atoms with van der Waals surface area (Å²) in [6.07, 6.45) is 4.16. The number of nitrogens with zero attached hydrogens (tertiary/aromatic N) is 2. The van der Waals surface area contributed by atoms with E-state index in [-0.39, 0.29) is 23.6 Å². The van der Waals surface area contributed by atoms with Crippen molar-refractivity contribution in [3.8, 4) is 0 Å². The normalized spacial score (nSPS) is 12.2. The highest BCUT2D eigenvalue weighted by atomic mass is 79.9. The van der Waals surface area contributed by atoms with E-state index in [0.717, 1.165) is 4.47 Å². The maximum Gasteiger partial charge on any atom is 0.244 e. The van der Waals surface area contributed by atoms with Gasteiger partial charge in [-0.1, -0.05) is 0 Å². The maximum atomic E-state index is 11.7. The van der Waals surface area contributed by atoms with E-state index in [1.807, 2.05) is 0 Å². The maximum absolute atomic E-state index is 11.7. The third-order valence-electron chi connectivity index (χ3n) is 2.20. The van der Waals surface area contributed by atoms with Crippen LogP contribution in [-0.4, -0.2) is 27.5 Å². The molecule has 17 heavy (non-hydrogen) atoms. The molecule has 1 rings (SSSR count). The van der Waals surface area contributed by atoms with Crippen LogP contribution in [0.5, 0.6) is 0 Å². The second-order valence-corrected chi connectivity index (χ2v) is 4.90. The number of carbonyl (C=O) groups is 2. The van der Waals surface area contributed by atoms with E-state index >= 15 is 0 Å². The molecule has 0 saturated heterocycles. The van der Waals surface area contributed by atoms with Crippen molar-refractivity contribution in [2.45, 2.75) is 25.8 Å². The summed E-state index contributed by atoms with van der Waals surface area (Å²) < 4.78 is 2.39. The molecule has 1 atom stereocenters. The van der Waals surface area contributed by atoms with Gasteiger partial charge in [-0.15, -0.1) is 0 Å². The number of amides is 1. The molecule has 7 heteroatoms. The molecule has 94 valence electrons. The van der Waals surface area contributed by atoms with Crippen molar-refractivity contribution < 1.29 is 9.59 Å². The molecular weight excluding hydrogens is 309 g/mol. The molecular formula is C10H13BrClN3O2. The van der Waals surface area contributed by atoms with Gasteiger partial charge in [0.1, 0.15) is 6.04 Å². The highest BCUT2D eigenvalue weighted by molar-refractivity contribution is 9.10. The van der Waals surface area contributed by atoms with Crippen LogP contribution in [0, 0.1) is 0 Å². The van der Waals surface area contributed by atoms with Gasteiger partial charge in [0.2, 0.25) is 11.1 Å². The van der Waals surface area contributed by atoms with Gasteiger partial charge in [0, 0.05) is 19.2 Å². The first-order valence-electron chi connectivity index (χ1n) is 5.16. The second kappa shape index (κ2) is 6.76. The zero-order valence-corrected chi connectivity index (χ0v) is 11.7. The fourth-order valence-corrected chi connectivity index (χ4v) is 1.67. The first kappa shape index (κ1) is 14.2. The smallest absolute Gasteiger partial charge is 0.244 e. The topological polar surface area (TPSA) is 64.0 Å². The summed E-state index contributed by atoms with van der Waals surface area (Å²) >= 11 is 8.45. The van der Waals surface area contributed by atoms with Crippen LogP contribution in [0.1, 0.15) is 25.8 Å². The van der Waals surface area contributed by atoms with Crippen molar-refractivity contribution >= 4 is 38.7 Å². The summed E-state index contributed by atoms with van der Waals surface area (Å²) in [5.41, 5.74) is 0. The number of hydrogen-bond donors (Lipinski definition) is 1. The van der Waals surface area contributed by atoms with Crippen molar-refractivity contribution in [3.63, 3.8) is 0 Å². The lowest BCUT2D eigenvalue weighted by Crippen LogP contribution is -2.32. The fourth-order valence-electron chi connectivity index (χ4n) is 1.23. The first-order chi connectivity index (χ1) is 8.00. The van der Waals surface area contributed by atoms with E-state index in [9.17, 15) is 9.59 Å². The Balaban J connectivity index is 2.35. The van der Waals surface area contributed by atoms with Gasteiger partial charge in [0.25, 0.3) is 0 Å². The molecule has 0 radical (unpaired) electrons. The molecule has 1 aromatic rings. The monoisotopic (exact) mass is 321 g/mol. The number of aromatic nitrogens is 2. The average molecular weight is 323 g/mol. The van der Waals surface area contributed by atoms with E-state index in [2.05, 4.69) is 26.3 Å². The molecule has 1 aromatic heterocycles. The Labute approximate surface area is 113 Å². The molecule has 0 aliphatic heterocycles. The van der Waals surface area contributed by atoms with Crippen molar-refractivity contribution in [3.05, 3.63) is 16.9 Å². The Bertz CT molecular complexity index is 408. The summed E-state index contributed by atoms with van der Waals surface area (Å²) in [6, 6.07) is -0.381. The van der Waals surface area contributed by atoms with Gasteiger partial charge in [0.05, 0.1) is 10.7 Å². The molecule has 0 spiro atoms. The van der Waals surface area contributed by atoms with Crippen LogP contribution >= 0.6 is 27.5 Å². The summed E-state index contributed by atoms with van der Waals surface area (Å²) in [5, 5.41) is 6.36. The van der Waals surface area contributed by atoms with E-state index in [1.54, 1.807) is 24.0 Å². The van der Waals surface area contributed by atoms with Gasteiger partial charge in [-0.25, -0.2) is 0 Å². The third kappa shape index (κ3) is 4.87. The van der Waals surface area contributed by atoms with Gasteiger partial charge < -0.3 is 5.32 Å². The summed E-state index contributed by atoms with van der Waals surface area (Å²) in [7, 11) is 0. The number of rotatable bonds is 6. The zero-order valence-electron chi connectivity index (χ0n) is 9.32. The molecule has 0 aliphatic carbocycles. The number of halogens is 2. The molecule has 0 fully saturated rings. The molecule has 1 N–H and O–H groups in total. The molecule has 5 nitrogen and oxygen atoms in total. The highest BCUT2D eigenvalue weighted by Crippen LogP contribution is 2.11. The van der Waals surface area contributed by atoms with Gasteiger partial charge in [-0.2, -0.15) is 5.10 Å². The van der Waals surface area contributed by atoms with Crippen LogP contribution in [0.15, 0.2) is 16.9 Å². The minimum absolute atomic E-state index is 0.136.